The van der Waals surface area contributed by atoms with Gasteiger partial charge in [-0.05, 0) is 0 Å². The molecule has 4 nitrogen and oxygen atoms in total. The number of rotatable bonds is 0. The first-order valence-electron chi connectivity index (χ1n) is 2.58. The molecule has 7 heteroatoms. The molecular formula is C5H7F3O4. The molecule has 0 aliphatic rings. The predicted molar refractivity (Wildman–Crippen MR) is 31.0 cm³/mol. The van der Waals surface area contributed by atoms with Crippen LogP contribution in [-0.4, -0.2) is 30.3 Å². The fourth-order valence-electron chi connectivity index (χ4n) is 0.188. The SMILES string of the molecule is CC(=O)OC(=O)C(F)(F)F.CO. The van der Waals surface area contributed by atoms with Crippen LogP contribution in [0.4, 0.5) is 13.2 Å². The van der Waals surface area contributed by atoms with Crippen molar-refractivity contribution >= 4 is 11.9 Å². The Kier molecular flexibility index (Phi) is 6.21. The van der Waals surface area contributed by atoms with Gasteiger partial charge in [0.25, 0.3) is 0 Å². The lowest BCUT2D eigenvalue weighted by Crippen LogP contribution is -2.26. The van der Waals surface area contributed by atoms with Gasteiger partial charge < -0.3 is 9.84 Å². The molecule has 72 valence electrons. The van der Waals surface area contributed by atoms with Crippen LogP contribution in [0.1, 0.15) is 6.92 Å². The predicted octanol–water partition coefficient (Wildman–Crippen LogP) is 0.247. The Morgan fingerprint density at radius 1 is 1.25 bits per heavy atom. The number of alkyl halides is 3. The summed E-state index contributed by atoms with van der Waals surface area (Å²) in [6, 6.07) is 0. The third-order valence-corrected chi connectivity index (χ3v) is 0.468. The molecule has 0 fully saturated rings. The average molecular weight is 188 g/mol. The zero-order valence-electron chi connectivity index (χ0n) is 6.31. The second-order valence-corrected chi connectivity index (χ2v) is 1.38. The summed E-state index contributed by atoms with van der Waals surface area (Å²) in [7, 11) is 1.00. The molecule has 0 aromatic carbocycles. The molecule has 0 heterocycles. The van der Waals surface area contributed by atoms with Gasteiger partial charge in [-0.1, -0.05) is 0 Å². The quantitative estimate of drug-likeness (QED) is 0.437. The molecule has 0 atom stereocenters. The number of aliphatic hydroxyl groups is 1. The van der Waals surface area contributed by atoms with Crippen LogP contribution in [0.15, 0.2) is 0 Å². The zero-order chi connectivity index (χ0) is 10.4. The van der Waals surface area contributed by atoms with Crippen molar-refractivity contribution in [3.8, 4) is 0 Å². The van der Waals surface area contributed by atoms with Gasteiger partial charge in [-0.15, -0.1) is 0 Å². The summed E-state index contributed by atoms with van der Waals surface area (Å²) < 4.78 is 36.8. The minimum atomic E-state index is -5.09. The van der Waals surface area contributed by atoms with Crippen molar-refractivity contribution in [2.75, 3.05) is 7.11 Å². The van der Waals surface area contributed by atoms with Gasteiger partial charge in [0.15, 0.2) is 0 Å². The maximum atomic E-state index is 11.2. The summed E-state index contributed by atoms with van der Waals surface area (Å²) in [4.78, 5) is 19.5. The van der Waals surface area contributed by atoms with E-state index in [1.54, 1.807) is 0 Å². The van der Waals surface area contributed by atoms with Crippen LogP contribution in [-0.2, 0) is 14.3 Å². The van der Waals surface area contributed by atoms with Crippen molar-refractivity contribution in [2.24, 2.45) is 0 Å². The third kappa shape index (κ3) is 7.00. The summed E-state index contributed by atoms with van der Waals surface area (Å²) in [6.45, 7) is 0.712. The van der Waals surface area contributed by atoms with Gasteiger partial charge in [0.1, 0.15) is 0 Å². The lowest BCUT2D eigenvalue weighted by molar-refractivity contribution is -0.201. The topological polar surface area (TPSA) is 63.6 Å². The highest BCUT2D eigenvalue weighted by Gasteiger charge is 2.41. The summed E-state index contributed by atoms with van der Waals surface area (Å²) >= 11 is 0. The van der Waals surface area contributed by atoms with E-state index in [9.17, 15) is 22.8 Å². The zero-order valence-corrected chi connectivity index (χ0v) is 6.31. The number of carbonyl (C=O) groups excluding carboxylic acids is 2. The second-order valence-electron chi connectivity index (χ2n) is 1.38. The number of esters is 2. The highest BCUT2D eigenvalue weighted by molar-refractivity contribution is 5.87. The Labute approximate surface area is 65.9 Å². The maximum absolute atomic E-state index is 11.2. The first-order valence-corrected chi connectivity index (χ1v) is 2.58. The van der Waals surface area contributed by atoms with Crippen molar-refractivity contribution in [1.29, 1.82) is 0 Å². The molecule has 0 radical (unpaired) electrons. The monoisotopic (exact) mass is 188 g/mol. The van der Waals surface area contributed by atoms with E-state index in [0.717, 1.165) is 7.11 Å². The summed E-state index contributed by atoms with van der Waals surface area (Å²) in [5.74, 6) is -3.76. The van der Waals surface area contributed by atoms with Gasteiger partial charge in [-0.2, -0.15) is 13.2 Å². The van der Waals surface area contributed by atoms with Gasteiger partial charge in [0.2, 0.25) is 0 Å². The summed E-state index contributed by atoms with van der Waals surface area (Å²) in [5, 5.41) is 7.00. The van der Waals surface area contributed by atoms with Crippen LogP contribution >= 0.6 is 0 Å². The van der Waals surface area contributed by atoms with Crippen molar-refractivity contribution in [1.82, 2.24) is 0 Å². The van der Waals surface area contributed by atoms with Gasteiger partial charge in [-0.25, -0.2) is 4.79 Å². The van der Waals surface area contributed by atoms with Crippen molar-refractivity contribution < 1.29 is 32.6 Å². The van der Waals surface area contributed by atoms with Crippen LogP contribution in [0.3, 0.4) is 0 Å². The van der Waals surface area contributed by atoms with Gasteiger partial charge in [0, 0.05) is 14.0 Å². The van der Waals surface area contributed by atoms with E-state index in [1.165, 1.54) is 0 Å². The Hall–Kier alpha value is -1.11. The molecule has 0 amide bonds. The molecule has 0 aliphatic heterocycles. The van der Waals surface area contributed by atoms with Gasteiger partial charge in [-0.3, -0.25) is 4.79 Å². The molecule has 0 saturated carbocycles. The molecule has 1 N–H and O–H groups in total. The molecule has 0 rings (SSSR count). The average Bonchev–Trinajstić information content (AvgIpc) is 1.88. The second kappa shape index (κ2) is 5.53. The maximum Gasteiger partial charge on any atom is 0.491 e. The molecular weight excluding hydrogens is 181 g/mol. The van der Waals surface area contributed by atoms with Crippen LogP contribution in [0.2, 0.25) is 0 Å². The molecule has 12 heavy (non-hydrogen) atoms. The number of aliphatic hydroxyl groups excluding tert-OH is 1. The highest BCUT2D eigenvalue weighted by atomic mass is 19.4. The Morgan fingerprint density at radius 2 is 1.58 bits per heavy atom. The lowest BCUT2D eigenvalue weighted by Gasteiger charge is -2.01. The fraction of sp³-hybridized carbons (Fsp3) is 0.600. The molecule has 0 unspecified atom stereocenters. The van der Waals surface area contributed by atoms with Crippen LogP contribution < -0.4 is 0 Å². The smallest absolute Gasteiger partial charge is 0.400 e. The van der Waals surface area contributed by atoms with Crippen LogP contribution in [0, 0.1) is 0 Å². The minimum absolute atomic E-state index is 0.712. The van der Waals surface area contributed by atoms with E-state index in [-0.39, 0.29) is 0 Å². The summed E-state index contributed by atoms with van der Waals surface area (Å²) in [6.07, 6.45) is -5.09. The number of halogens is 3. The van der Waals surface area contributed by atoms with E-state index in [1.807, 2.05) is 0 Å². The van der Waals surface area contributed by atoms with Crippen molar-refractivity contribution in [3.05, 3.63) is 0 Å². The van der Waals surface area contributed by atoms with Crippen molar-refractivity contribution in [2.45, 2.75) is 13.1 Å². The molecule has 0 spiro atoms. The van der Waals surface area contributed by atoms with E-state index in [0.29, 0.717) is 6.92 Å². The van der Waals surface area contributed by atoms with Gasteiger partial charge in [0.05, 0.1) is 0 Å². The number of hydrogen-bond donors (Lipinski definition) is 1. The third-order valence-electron chi connectivity index (χ3n) is 0.468. The molecule has 0 aromatic rings. The van der Waals surface area contributed by atoms with Crippen LogP contribution in [0.25, 0.3) is 0 Å². The van der Waals surface area contributed by atoms with Gasteiger partial charge >= 0.3 is 18.1 Å². The van der Waals surface area contributed by atoms with Crippen LogP contribution in [0.5, 0.6) is 0 Å². The number of hydrogen-bond acceptors (Lipinski definition) is 4. The van der Waals surface area contributed by atoms with E-state index < -0.39 is 18.1 Å². The Morgan fingerprint density at radius 3 is 1.67 bits per heavy atom. The van der Waals surface area contributed by atoms with E-state index >= 15 is 0 Å². The Balaban J connectivity index is 0. The number of carbonyl (C=O) groups is 2. The lowest BCUT2D eigenvalue weighted by atomic mass is 10.6. The first kappa shape index (κ1) is 13.5. The largest absolute Gasteiger partial charge is 0.491 e. The fourth-order valence-corrected chi connectivity index (χ4v) is 0.188. The Bertz CT molecular complexity index is 163. The standard InChI is InChI=1S/C4H3F3O3.CH4O/c1-2(8)10-3(9)4(5,6)7;1-2/h1H3;2H,1H3. The highest BCUT2D eigenvalue weighted by Crippen LogP contribution is 2.16. The van der Waals surface area contributed by atoms with E-state index in [2.05, 4.69) is 4.74 Å². The van der Waals surface area contributed by atoms with Crippen molar-refractivity contribution in [3.63, 3.8) is 0 Å². The normalized spacial score (nSPS) is 9.50. The number of ether oxygens (including phenoxy) is 1. The summed E-state index contributed by atoms with van der Waals surface area (Å²) in [5.41, 5.74) is 0. The molecule has 0 aliphatic carbocycles. The minimum Gasteiger partial charge on any atom is -0.400 e. The van der Waals surface area contributed by atoms with E-state index in [4.69, 9.17) is 5.11 Å². The molecule has 0 saturated heterocycles. The molecule has 0 bridgehead atoms. The molecule has 0 aromatic heterocycles. The first-order chi connectivity index (χ1) is 5.34.